The molecule has 0 amide bonds. The maximum atomic E-state index is 10.9. The normalized spacial score (nSPS) is 40.2. The van der Waals surface area contributed by atoms with E-state index in [9.17, 15) is 5.11 Å². The van der Waals surface area contributed by atoms with E-state index < -0.39 is 11.9 Å². The molecule has 4 rings (SSSR count). The van der Waals surface area contributed by atoms with Gasteiger partial charge < -0.3 is 24.1 Å². The van der Waals surface area contributed by atoms with Gasteiger partial charge in [-0.25, -0.2) is 0 Å². The lowest BCUT2D eigenvalue weighted by Crippen LogP contribution is -2.68. The summed E-state index contributed by atoms with van der Waals surface area (Å²) in [4.78, 5) is 0. The van der Waals surface area contributed by atoms with Crippen molar-refractivity contribution in [3.8, 4) is 0 Å². The Labute approximate surface area is 136 Å². The van der Waals surface area contributed by atoms with Crippen molar-refractivity contribution >= 4 is 0 Å². The number of aliphatic hydroxyl groups is 1. The Morgan fingerprint density at radius 2 is 1.96 bits per heavy atom. The van der Waals surface area contributed by atoms with E-state index in [1.165, 1.54) is 0 Å². The highest BCUT2D eigenvalue weighted by Gasteiger charge is 2.57. The Bertz CT molecular complexity index is 521. The molecule has 1 aromatic rings. The van der Waals surface area contributed by atoms with E-state index in [4.69, 9.17) is 18.9 Å². The fourth-order valence-electron chi connectivity index (χ4n) is 3.88. The molecule has 0 spiro atoms. The summed E-state index contributed by atoms with van der Waals surface area (Å²) >= 11 is 0. The topological polar surface area (TPSA) is 57.2 Å². The highest BCUT2D eigenvalue weighted by molar-refractivity contribution is 5.13. The van der Waals surface area contributed by atoms with Crippen molar-refractivity contribution < 1.29 is 24.1 Å². The third-order valence-corrected chi connectivity index (χ3v) is 4.99. The van der Waals surface area contributed by atoms with E-state index in [0.717, 1.165) is 24.8 Å². The molecule has 3 saturated heterocycles. The minimum atomic E-state index is -1.25. The molecule has 0 saturated carbocycles. The van der Waals surface area contributed by atoms with E-state index in [1.807, 2.05) is 30.3 Å². The number of ether oxygens (including phenoxy) is 4. The van der Waals surface area contributed by atoms with Crippen LogP contribution in [0.25, 0.3) is 0 Å². The maximum absolute atomic E-state index is 10.9. The monoisotopic (exact) mass is 320 g/mol. The van der Waals surface area contributed by atoms with Gasteiger partial charge in [0.1, 0.15) is 18.3 Å². The lowest BCUT2D eigenvalue weighted by molar-refractivity contribution is -0.383. The molecule has 0 bridgehead atoms. The van der Waals surface area contributed by atoms with Crippen LogP contribution in [0.4, 0.5) is 0 Å². The van der Waals surface area contributed by atoms with Crippen LogP contribution in [-0.2, 0) is 25.6 Å². The molecule has 0 aliphatic carbocycles. The quantitative estimate of drug-likeness (QED) is 0.923. The van der Waals surface area contributed by atoms with Gasteiger partial charge in [0, 0.05) is 19.6 Å². The first-order valence-electron chi connectivity index (χ1n) is 8.55. The predicted octanol–water partition coefficient (Wildman–Crippen LogP) is 2.02. The third-order valence-electron chi connectivity index (χ3n) is 4.99. The third kappa shape index (κ3) is 3.04. The van der Waals surface area contributed by atoms with Crippen LogP contribution in [0.15, 0.2) is 30.3 Å². The van der Waals surface area contributed by atoms with Crippen LogP contribution in [0, 0.1) is 0 Å². The predicted molar refractivity (Wildman–Crippen MR) is 82.8 cm³/mol. The molecule has 3 aliphatic rings. The van der Waals surface area contributed by atoms with Gasteiger partial charge in [-0.2, -0.15) is 0 Å². The zero-order valence-corrected chi connectivity index (χ0v) is 13.2. The first kappa shape index (κ1) is 15.5. The summed E-state index contributed by atoms with van der Waals surface area (Å²) in [5.41, 5.74) is 1.10. The molecule has 23 heavy (non-hydrogen) atoms. The maximum Gasteiger partial charge on any atom is 0.195 e. The Hall–Kier alpha value is -0.980. The standard InChI is InChI=1S/C18H24O5/c19-18-9-5-11-21-17(18)16(15-14(23-18)8-4-10-20-15)22-12-13-6-2-1-3-7-13/h1-3,6-7,14-17,19H,4-5,8-12H2/t14-,15-,16-,17-,18+/m0/s1. The molecule has 1 aromatic carbocycles. The minimum absolute atomic E-state index is 0.118. The van der Waals surface area contributed by atoms with Crippen LogP contribution in [0.1, 0.15) is 31.2 Å². The first-order chi connectivity index (χ1) is 11.3. The number of benzene rings is 1. The van der Waals surface area contributed by atoms with Crippen molar-refractivity contribution in [2.24, 2.45) is 0 Å². The molecule has 1 N–H and O–H groups in total. The molecule has 3 heterocycles. The lowest BCUT2D eigenvalue weighted by Gasteiger charge is -2.53. The smallest absolute Gasteiger partial charge is 0.195 e. The summed E-state index contributed by atoms with van der Waals surface area (Å²) in [6, 6.07) is 10.0. The van der Waals surface area contributed by atoms with Gasteiger partial charge in [0.2, 0.25) is 0 Å². The second-order valence-electron chi connectivity index (χ2n) is 6.63. The Balaban J connectivity index is 1.54. The van der Waals surface area contributed by atoms with Gasteiger partial charge in [-0.05, 0) is 24.8 Å². The summed E-state index contributed by atoms with van der Waals surface area (Å²) in [5, 5.41) is 10.9. The number of fused-ring (bicyclic) bond motifs is 2. The summed E-state index contributed by atoms with van der Waals surface area (Å²) in [6.07, 6.45) is 2.16. The molecular weight excluding hydrogens is 296 g/mol. The summed E-state index contributed by atoms with van der Waals surface area (Å²) in [5.74, 6) is -1.25. The van der Waals surface area contributed by atoms with E-state index in [1.54, 1.807) is 0 Å². The lowest BCUT2D eigenvalue weighted by atomic mass is 9.85. The van der Waals surface area contributed by atoms with E-state index >= 15 is 0 Å². The van der Waals surface area contributed by atoms with Crippen LogP contribution in [-0.4, -0.2) is 48.5 Å². The van der Waals surface area contributed by atoms with Crippen molar-refractivity contribution in [1.82, 2.24) is 0 Å². The Morgan fingerprint density at radius 3 is 2.83 bits per heavy atom. The Morgan fingerprint density at radius 1 is 1.13 bits per heavy atom. The van der Waals surface area contributed by atoms with Crippen LogP contribution in [0.3, 0.4) is 0 Å². The zero-order chi connectivity index (χ0) is 15.7. The zero-order valence-electron chi connectivity index (χ0n) is 13.2. The first-order valence-corrected chi connectivity index (χ1v) is 8.55. The van der Waals surface area contributed by atoms with Crippen LogP contribution in [0.5, 0.6) is 0 Å². The summed E-state index contributed by atoms with van der Waals surface area (Å²) in [7, 11) is 0. The SMILES string of the molecule is O[C@@]12CCCO[C@H]1[C@@H](OCc1ccccc1)[C@H]1OCCC[C@@H]1O2. The second kappa shape index (κ2) is 6.49. The van der Waals surface area contributed by atoms with Gasteiger partial charge in [0.05, 0.1) is 12.7 Å². The average Bonchev–Trinajstić information content (AvgIpc) is 2.59. The molecule has 3 aliphatic heterocycles. The molecule has 3 fully saturated rings. The van der Waals surface area contributed by atoms with Gasteiger partial charge in [-0.3, -0.25) is 0 Å². The molecule has 0 radical (unpaired) electrons. The van der Waals surface area contributed by atoms with Gasteiger partial charge in [0.25, 0.3) is 0 Å². The number of hydrogen-bond acceptors (Lipinski definition) is 5. The minimum Gasteiger partial charge on any atom is -0.373 e. The van der Waals surface area contributed by atoms with Crippen molar-refractivity contribution in [3.63, 3.8) is 0 Å². The molecule has 0 unspecified atom stereocenters. The highest BCUT2D eigenvalue weighted by Crippen LogP contribution is 2.41. The average molecular weight is 320 g/mol. The van der Waals surface area contributed by atoms with Gasteiger partial charge in [-0.1, -0.05) is 30.3 Å². The molecule has 0 aromatic heterocycles. The van der Waals surface area contributed by atoms with E-state index in [-0.39, 0.29) is 18.3 Å². The van der Waals surface area contributed by atoms with Crippen molar-refractivity contribution in [1.29, 1.82) is 0 Å². The van der Waals surface area contributed by atoms with Crippen molar-refractivity contribution in [2.45, 2.75) is 62.5 Å². The molecule has 126 valence electrons. The molecule has 5 atom stereocenters. The summed E-state index contributed by atoms with van der Waals surface area (Å²) in [6.45, 7) is 1.81. The van der Waals surface area contributed by atoms with Gasteiger partial charge in [0.15, 0.2) is 5.79 Å². The highest BCUT2D eigenvalue weighted by atomic mass is 16.7. The largest absolute Gasteiger partial charge is 0.373 e. The Kier molecular flexibility index (Phi) is 4.39. The van der Waals surface area contributed by atoms with Crippen molar-refractivity contribution in [2.75, 3.05) is 13.2 Å². The fourth-order valence-corrected chi connectivity index (χ4v) is 3.88. The second-order valence-corrected chi connectivity index (χ2v) is 6.63. The van der Waals surface area contributed by atoms with Crippen LogP contribution >= 0.6 is 0 Å². The molecule has 5 nitrogen and oxygen atoms in total. The van der Waals surface area contributed by atoms with Gasteiger partial charge in [-0.15, -0.1) is 0 Å². The number of hydrogen-bond donors (Lipinski definition) is 1. The van der Waals surface area contributed by atoms with Crippen LogP contribution in [0.2, 0.25) is 0 Å². The molecular formula is C18H24O5. The molecule has 5 heteroatoms. The van der Waals surface area contributed by atoms with E-state index in [0.29, 0.717) is 26.2 Å². The van der Waals surface area contributed by atoms with Gasteiger partial charge >= 0.3 is 0 Å². The van der Waals surface area contributed by atoms with Crippen LogP contribution < -0.4 is 0 Å². The van der Waals surface area contributed by atoms with E-state index in [2.05, 4.69) is 0 Å². The fraction of sp³-hybridized carbons (Fsp3) is 0.667. The van der Waals surface area contributed by atoms with Crippen molar-refractivity contribution in [3.05, 3.63) is 35.9 Å². The number of rotatable bonds is 3. The summed E-state index contributed by atoms with van der Waals surface area (Å²) < 4.78 is 24.0.